The summed E-state index contributed by atoms with van der Waals surface area (Å²) >= 11 is 0. The Labute approximate surface area is 130 Å². The molecule has 1 unspecified atom stereocenters. The number of hydrogen-bond acceptors (Lipinski definition) is 2. The normalized spacial score (nSPS) is 16.6. The van der Waals surface area contributed by atoms with Crippen molar-refractivity contribution in [3.63, 3.8) is 0 Å². The van der Waals surface area contributed by atoms with Crippen molar-refractivity contribution in [2.45, 2.75) is 64.9 Å². The van der Waals surface area contributed by atoms with Gasteiger partial charge in [-0.3, -0.25) is 0 Å². The molecule has 0 heterocycles. The summed E-state index contributed by atoms with van der Waals surface area (Å²) in [6, 6.07) is 6.66. The van der Waals surface area contributed by atoms with Crippen molar-refractivity contribution in [1.29, 1.82) is 0 Å². The Morgan fingerprint density at radius 3 is 2.33 bits per heavy atom. The van der Waals surface area contributed by atoms with E-state index in [2.05, 4.69) is 36.9 Å². The van der Waals surface area contributed by atoms with Gasteiger partial charge in [0.1, 0.15) is 0 Å². The SMILES string of the molecule is CCCN(CCC)CC(O)c1ccc2c(c1)CCCCC2. The van der Waals surface area contributed by atoms with Gasteiger partial charge in [0.15, 0.2) is 0 Å². The third-order valence-electron chi connectivity index (χ3n) is 4.52. The predicted molar refractivity (Wildman–Crippen MR) is 89.7 cm³/mol. The molecule has 21 heavy (non-hydrogen) atoms. The summed E-state index contributed by atoms with van der Waals surface area (Å²) in [5, 5.41) is 10.6. The first kappa shape index (κ1) is 16.5. The number of aliphatic hydroxyl groups excluding tert-OH is 1. The van der Waals surface area contributed by atoms with Crippen LogP contribution in [0.4, 0.5) is 0 Å². The van der Waals surface area contributed by atoms with Crippen LogP contribution in [0.3, 0.4) is 0 Å². The fraction of sp³-hybridized carbons (Fsp3) is 0.684. The van der Waals surface area contributed by atoms with Crippen LogP contribution >= 0.6 is 0 Å². The Morgan fingerprint density at radius 2 is 1.67 bits per heavy atom. The minimum atomic E-state index is -0.350. The number of nitrogens with zero attached hydrogens (tertiary/aromatic N) is 1. The Hall–Kier alpha value is -0.860. The molecule has 2 rings (SSSR count). The maximum absolute atomic E-state index is 10.6. The van der Waals surface area contributed by atoms with E-state index in [1.165, 1.54) is 43.2 Å². The minimum Gasteiger partial charge on any atom is -0.387 e. The molecule has 1 aliphatic rings. The largest absolute Gasteiger partial charge is 0.387 e. The molecule has 1 N–H and O–H groups in total. The maximum atomic E-state index is 10.6. The lowest BCUT2D eigenvalue weighted by Crippen LogP contribution is -2.30. The molecule has 2 heteroatoms. The number of benzene rings is 1. The number of fused-ring (bicyclic) bond motifs is 1. The van der Waals surface area contributed by atoms with Crippen molar-refractivity contribution in [1.82, 2.24) is 4.90 Å². The van der Waals surface area contributed by atoms with Crippen LogP contribution in [0, 0.1) is 0 Å². The summed E-state index contributed by atoms with van der Waals surface area (Å²) in [4.78, 5) is 2.39. The summed E-state index contributed by atoms with van der Waals surface area (Å²) in [7, 11) is 0. The van der Waals surface area contributed by atoms with Crippen LogP contribution in [0.25, 0.3) is 0 Å². The van der Waals surface area contributed by atoms with E-state index in [0.29, 0.717) is 0 Å². The lowest BCUT2D eigenvalue weighted by molar-refractivity contribution is 0.113. The zero-order valence-corrected chi connectivity index (χ0v) is 13.8. The molecule has 0 fully saturated rings. The van der Waals surface area contributed by atoms with Crippen LogP contribution in [0.5, 0.6) is 0 Å². The van der Waals surface area contributed by atoms with E-state index in [4.69, 9.17) is 0 Å². The topological polar surface area (TPSA) is 23.5 Å². The Kier molecular flexibility index (Phi) is 6.72. The first-order valence-corrected chi connectivity index (χ1v) is 8.76. The van der Waals surface area contributed by atoms with Gasteiger partial charge in [-0.1, -0.05) is 38.5 Å². The third-order valence-corrected chi connectivity index (χ3v) is 4.52. The highest BCUT2D eigenvalue weighted by molar-refractivity contribution is 5.34. The minimum absolute atomic E-state index is 0.350. The van der Waals surface area contributed by atoms with Gasteiger partial charge in [-0.15, -0.1) is 0 Å². The Morgan fingerprint density at radius 1 is 1.00 bits per heavy atom. The quantitative estimate of drug-likeness (QED) is 0.764. The average molecular weight is 289 g/mol. The second-order valence-corrected chi connectivity index (χ2v) is 6.41. The number of rotatable bonds is 7. The molecule has 0 aromatic heterocycles. The molecule has 0 spiro atoms. The lowest BCUT2D eigenvalue weighted by Gasteiger charge is -2.24. The predicted octanol–water partition coefficient (Wildman–Crippen LogP) is 4.11. The van der Waals surface area contributed by atoms with Crippen LogP contribution in [0.15, 0.2) is 18.2 Å². The molecule has 118 valence electrons. The van der Waals surface area contributed by atoms with Crippen LogP contribution in [-0.4, -0.2) is 29.6 Å². The molecule has 1 aliphatic carbocycles. The fourth-order valence-corrected chi connectivity index (χ4v) is 3.41. The van der Waals surface area contributed by atoms with Gasteiger partial charge in [0.25, 0.3) is 0 Å². The molecule has 1 aromatic carbocycles. The third kappa shape index (κ3) is 4.82. The zero-order chi connectivity index (χ0) is 15.1. The summed E-state index contributed by atoms with van der Waals surface area (Å²) in [6.07, 6.45) is 8.30. The summed E-state index contributed by atoms with van der Waals surface area (Å²) in [5.74, 6) is 0. The maximum Gasteiger partial charge on any atom is 0.0917 e. The van der Waals surface area contributed by atoms with E-state index in [0.717, 1.165) is 38.0 Å². The summed E-state index contributed by atoms with van der Waals surface area (Å²) in [5.41, 5.74) is 4.08. The first-order chi connectivity index (χ1) is 10.2. The second kappa shape index (κ2) is 8.55. The molecule has 0 amide bonds. The standard InChI is InChI=1S/C19H31NO/c1-3-12-20(13-4-2)15-19(21)18-11-10-16-8-6-5-7-9-17(16)14-18/h10-11,14,19,21H,3-9,12-13,15H2,1-2H3. The van der Waals surface area contributed by atoms with E-state index < -0.39 is 0 Å². The van der Waals surface area contributed by atoms with E-state index in [9.17, 15) is 5.11 Å². The number of aryl methyl sites for hydroxylation is 2. The molecule has 0 saturated heterocycles. The van der Waals surface area contributed by atoms with Crippen LogP contribution in [0.2, 0.25) is 0 Å². The highest BCUT2D eigenvalue weighted by atomic mass is 16.3. The molecule has 2 nitrogen and oxygen atoms in total. The molecule has 1 atom stereocenters. The van der Waals surface area contributed by atoms with Gasteiger partial charge in [0.05, 0.1) is 6.10 Å². The Bertz CT molecular complexity index is 424. The summed E-state index contributed by atoms with van der Waals surface area (Å²) < 4.78 is 0. The van der Waals surface area contributed by atoms with Crippen molar-refractivity contribution in [3.05, 3.63) is 34.9 Å². The Balaban J connectivity index is 2.04. The zero-order valence-electron chi connectivity index (χ0n) is 13.8. The van der Waals surface area contributed by atoms with Crippen molar-refractivity contribution in [2.24, 2.45) is 0 Å². The number of hydrogen-bond donors (Lipinski definition) is 1. The van der Waals surface area contributed by atoms with Gasteiger partial charge >= 0.3 is 0 Å². The number of aliphatic hydroxyl groups is 1. The van der Waals surface area contributed by atoms with Crippen LogP contribution < -0.4 is 0 Å². The van der Waals surface area contributed by atoms with E-state index in [-0.39, 0.29) is 6.10 Å². The van der Waals surface area contributed by atoms with Crippen molar-refractivity contribution < 1.29 is 5.11 Å². The second-order valence-electron chi connectivity index (χ2n) is 6.41. The van der Waals surface area contributed by atoms with Crippen molar-refractivity contribution >= 4 is 0 Å². The van der Waals surface area contributed by atoms with Gasteiger partial charge in [0, 0.05) is 6.54 Å². The van der Waals surface area contributed by atoms with Gasteiger partial charge in [-0.05, 0) is 68.3 Å². The molecule has 0 aliphatic heterocycles. The molecular weight excluding hydrogens is 258 g/mol. The molecule has 1 aromatic rings. The van der Waals surface area contributed by atoms with E-state index in [1.54, 1.807) is 0 Å². The molecular formula is C19H31NO. The average Bonchev–Trinajstić information content (AvgIpc) is 2.72. The highest BCUT2D eigenvalue weighted by Crippen LogP contribution is 2.24. The smallest absolute Gasteiger partial charge is 0.0917 e. The lowest BCUT2D eigenvalue weighted by atomic mass is 9.97. The van der Waals surface area contributed by atoms with Crippen molar-refractivity contribution in [3.8, 4) is 0 Å². The van der Waals surface area contributed by atoms with Gasteiger partial charge in [-0.25, -0.2) is 0 Å². The van der Waals surface area contributed by atoms with E-state index >= 15 is 0 Å². The molecule has 0 bridgehead atoms. The van der Waals surface area contributed by atoms with Gasteiger partial charge in [0.2, 0.25) is 0 Å². The van der Waals surface area contributed by atoms with Crippen LogP contribution in [-0.2, 0) is 12.8 Å². The van der Waals surface area contributed by atoms with E-state index in [1.807, 2.05) is 0 Å². The van der Waals surface area contributed by atoms with Gasteiger partial charge in [-0.2, -0.15) is 0 Å². The monoisotopic (exact) mass is 289 g/mol. The molecule has 0 saturated carbocycles. The highest BCUT2D eigenvalue weighted by Gasteiger charge is 2.15. The first-order valence-electron chi connectivity index (χ1n) is 8.76. The molecule has 0 radical (unpaired) electrons. The van der Waals surface area contributed by atoms with Crippen LogP contribution in [0.1, 0.15) is 68.7 Å². The fourth-order valence-electron chi connectivity index (χ4n) is 3.41. The summed E-state index contributed by atoms with van der Waals surface area (Å²) in [6.45, 7) is 7.33. The van der Waals surface area contributed by atoms with Gasteiger partial charge < -0.3 is 10.0 Å². The van der Waals surface area contributed by atoms with Crippen molar-refractivity contribution in [2.75, 3.05) is 19.6 Å².